The summed E-state index contributed by atoms with van der Waals surface area (Å²) in [6.07, 6.45) is 0. The monoisotopic (exact) mass is 293 g/mol. The maximum atomic E-state index is 6.22. The average Bonchev–Trinajstić information content (AvgIpc) is 2.37. The van der Waals surface area contributed by atoms with Gasteiger partial charge in [0.1, 0.15) is 0 Å². The normalized spacial score (nSPS) is 10.6. The number of hydrogen-bond donors (Lipinski definition) is 1. The van der Waals surface area contributed by atoms with Crippen LogP contribution in [0.4, 0.5) is 5.69 Å². The maximum Gasteiger partial charge on any atom is 0.0641 e. The molecular weight excluding hydrogens is 277 g/mol. The molecule has 0 atom stereocenters. The molecule has 0 aliphatic carbocycles. The summed E-state index contributed by atoms with van der Waals surface area (Å²) in [5, 5.41) is 4.78. The first-order valence-electron chi connectivity index (χ1n) is 6.23. The molecule has 3 heteroatoms. The number of nitrogens with one attached hydrogen (secondary N) is 1. The molecule has 0 saturated carbocycles. The lowest BCUT2D eigenvalue weighted by Gasteiger charge is -2.13. The van der Waals surface area contributed by atoms with E-state index >= 15 is 0 Å². The van der Waals surface area contributed by atoms with E-state index in [1.807, 2.05) is 19.1 Å². The van der Waals surface area contributed by atoms with E-state index in [4.69, 9.17) is 23.2 Å². The van der Waals surface area contributed by atoms with Gasteiger partial charge in [-0.05, 0) is 55.2 Å². The third-order valence-electron chi connectivity index (χ3n) is 3.43. The summed E-state index contributed by atoms with van der Waals surface area (Å²) < 4.78 is 0. The van der Waals surface area contributed by atoms with Crippen molar-refractivity contribution in [1.82, 2.24) is 0 Å². The average molecular weight is 294 g/mol. The minimum Gasteiger partial charge on any atom is -0.380 e. The predicted octanol–water partition coefficient (Wildman–Crippen LogP) is 5.53. The van der Waals surface area contributed by atoms with Crippen LogP contribution in [0, 0.1) is 20.8 Å². The van der Waals surface area contributed by atoms with Gasteiger partial charge in [0.15, 0.2) is 0 Å². The van der Waals surface area contributed by atoms with Crippen LogP contribution in [0.15, 0.2) is 30.3 Å². The molecule has 1 N–H and O–H groups in total. The SMILES string of the molecule is Cc1cc(Cl)c(NCc2cccc(C)c2C)cc1Cl. The quantitative estimate of drug-likeness (QED) is 0.784. The topological polar surface area (TPSA) is 12.0 Å². The van der Waals surface area contributed by atoms with Gasteiger partial charge in [0.25, 0.3) is 0 Å². The van der Waals surface area contributed by atoms with Crippen molar-refractivity contribution >= 4 is 28.9 Å². The van der Waals surface area contributed by atoms with E-state index in [0.29, 0.717) is 5.02 Å². The zero-order valence-corrected chi connectivity index (χ0v) is 12.9. The highest BCUT2D eigenvalue weighted by Crippen LogP contribution is 2.29. The lowest BCUT2D eigenvalue weighted by Crippen LogP contribution is -2.03. The van der Waals surface area contributed by atoms with Crippen molar-refractivity contribution in [1.29, 1.82) is 0 Å². The predicted molar refractivity (Wildman–Crippen MR) is 84.4 cm³/mol. The van der Waals surface area contributed by atoms with Crippen molar-refractivity contribution in [2.24, 2.45) is 0 Å². The van der Waals surface area contributed by atoms with Crippen molar-refractivity contribution in [2.75, 3.05) is 5.32 Å². The molecular formula is C16H17Cl2N. The van der Waals surface area contributed by atoms with Gasteiger partial charge in [-0.15, -0.1) is 0 Å². The zero-order chi connectivity index (χ0) is 14.0. The number of benzene rings is 2. The Labute approximate surface area is 124 Å². The molecule has 0 bridgehead atoms. The van der Waals surface area contributed by atoms with E-state index in [1.54, 1.807) is 0 Å². The first kappa shape index (κ1) is 14.2. The van der Waals surface area contributed by atoms with Crippen LogP contribution in [0.2, 0.25) is 10.0 Å². The fourth-order valence-corrected chi connectivity index (χ4v) is 2.42. The third-order valence-corrected chi connectivity index (χ3v) is 4.15. The van der Waals surface area contributed by atoms with Crippen molar-refractivity contribution in [3.63, 3.8) is 0 Å². The Hall–Kier alpha value is -1.18. The van der Waals surface area contributed by atoms with Crippen molar-refractivity contribution < 1.29 is 0 Å². The van der Waals surface area contributed by atoms with Crippen LogP contribution in [-0.4, -0.2) is 0 Å². The Balaban J connectivity index is 2.19. The zero-order valence-electron chi connectivity index (χ0n) is 11.3. The van der Waals surface area contributed by atoms with Gasteiger partial charge in [-0.2, -0.15) is 0 Å². The molecule has 0 aliphatic rings. The molecule has 0 radical (unpaired) electrons. The highest BCUT2D eigenvalue weighted by Gasteiger charge is 2.06. The summed E-state index contributed by atoms with van der Waals surface area (Å²) in [5.74, 6) is 0. The van der Waals surface area contributed by atoms with Gasteiger partial charge < -0.3 is 5.32 Å². The summed E-state index contributed by atoms with van der Waals surface area (Å²) in [6.45, 7) is 6.94. The van der Waals surface area contributed by atoms with Crippen molar-refractivity contribution in [3.8, 4) is 0 Å². The molecule has 19 heavy (non-hydrogen) atoms. The first-order chi connectivity index (χ1) is 8.99. The van der Waals surface area contributed by atoms with Crippen molar-refractivity contribution in [2.45, 2.75) is 27.3 Å². The summed E-state index contributed by atoms with van der Waals surface area (Å²) in [4.78, 5) is 0. The van der Waals surface area contributed by atoms with Crippen molar-refractivity contribution in [3.05, 3.63) is 62.6 Å². The minimum absolute atomic E-state index is 0.701. The van der Waals surface area contributed by atoms with Gasteiger partial charge in [0.2, 0.25) is 0 Å². The highest BCUT2D eigenvalue weighted by molar-refractivity contribution is 6.35. The Kier molecular flexibility index (Phi) is 4.38. The number of aryl methyl sites for hydroxylation is 2. The number of rotatable bonds is 3. The fraction of sp³-hybridized carbons (Fsp3) is 0.250. The van der Waals surface area contributed by atoms with Crippen LogP contribution >= 0.6 is 23.2 Å². The third kappa shape index (κ3) is 3.23. The lowest BCUT2D eigenvalue weighted by molar-refractivity contribution is 1.10. The van der Waals surface area contributed by atoms with Crippen LogP contribution in [-0.2, 0) is 6.54 Å². The minimum atomic E-state index is 0.701. The highest BCUT2D eigenvalue weighted by atomic mass is 35.5. The maximum absolute atomic E-state index is 6.22. The summed E-state index contributed by atoms with van der Waals surface area (Å²) in [6, 6.07) is 10.1. The van der Waals surface area contributed by atoms with Gasteiger partial charge in [-0.1, -0.05) is 41.4 Å². The molecule has 0 aromatic heterocycles. The van der Waals surface area contributed by atoms with Gasteiger partial charge in [0, 0.05) is 11.6 Å². The van der Waals surface area contributed by atoms with E-state index in [2.05, 4.69) is 37.4 Å². The van der Waals surface area contributed by atoms with E-state index in [-0.39, 0.29) is 0 Å². The van der Waals surface area contributed by atoms with Crippen LogP contribution in [0.1, 0.15) is 22.3 Å². The Morgan fingerprint density at radius 3 is 2.42 bits per heavy atom. The van der Waals surface area contributed by atoms with Crippen LogP contribution in [0.25, 0.3) is 0 Å². The smallest absolute Gasteiger partial charge is 0.0641 e. The van der Waals surface area contributed by atoms with Crippen LogP contribution in [0.3, 0.4) is 0 Å². The Morgan fingerprint density at radius 1 is 0.947 bits per heavy atom. The first-order valence-corrected chi connectivity index (χ1v) is 6.99. The Bertz CT molecular complexity index is 606. The van der Waals surface area contributed by atoms with Gasteiger partial charge in [0.05, 0.1) is 10.7 Å². The molecule has 0 unspecified atom stereocenters. The van der Waals surface area contributed by atoms with E-state index in [1.165, 1.54) is 16.7 Å². The van der Waals surface area contributed by atoms with E-state index in [0.717, 1.165) is 22.8 Å². The number of anilines is 1. The van der Waals surface area contributed by atoms with Crippen LogP contribution in [0.5, 0.6) is 0 Å². The molecule has 2 rings (SSSR count). The molecule has 1 nitrogen and oxygen atoms in total. The number of hydrogen-bond acceptors (Lipinski definition) is 1. The molecule has 0 amide bonds. The Morgan fingerprint density at radius 2 is 1.68 bits per heavy atom. The fourth-order valence-electron chi connectivity index (χ4n) is 1.98. The molecule has 0 saturated heterocycles. The summed E-state index contributed by atoms with van der Waals surface area (Å²) in [5.41, 5.74) is 5.74. The van der Waals surface area contributed by atoms with Gasteiger partial charge in [-0.3, -0.25) is 0 Å². The van der Waals surface area contributed by atoms with Crippen LogP contribution < -0.4 is 5.32 Å². The second-order valence-corrected chi connectivity index (χ2v) is 5.61. The summed E-state index contributed by atoms with van der Waals surface area (Å²) >= 11 is 12.3. The largest absolute Gasteiger partial charge is 0.380 e. The standard InChI is InChI=1S/C16H17Cl2N/c1-10-5-4-6-13(12(10)3)9-19-16-8-14(17)11(2)7-15(16)18/h4-8,19H,9H2,1-3H3. The van der Waals surface area contributed by atoms with E-state index in [9.17, 15) is 0 Å². The molecule has 0 heterocycles. The molecule has 0 spiro atoms. The molecule has 100 valence electrons. The number of halogens is 2. The molecule has 0 fully saturated rings. The molecule has 0 aliphatic heterocycles. The van der Waals surface area contributed by atoms with E-state index < -0.39 is 0 Å². The van der Waals surface area contributed by atoms with Gasteiger partial charge >= 0.3 is 0 Å². The van der Waals surface area contributed by atoms with Gasteiger partial charge in [-0.25, -0.2) is 0 Å². The second kappa shape index (κ2) is 5.85. The molecule has 2 aromatic carbocycles. The second-order valence-electron chi connectivity index (χ2n) is 4.79. The summed E-state index contributed by atoms with van der Waals surface area (Å²) in [7, 11) is 0. The lowest BCUT2D eigenvalue weighted by atomic mass is 10.0. The molecule has 2 aromatic rings.